The molecule has 0 aliphatic heterocycles. The Hall–Kier alpha value is -1.80. The van der Waals surface area contributed by atoms with E-state index in [9.17, 15) is 5.11 Å². The Kier molecular flexibility index (Phi) is 3.26. The monoisotopic (exact) mass is 253 g/mol. The van der Waals surface area contributed by atoms with E-state index < -0.39 is 0 Å². The molecule has 0 heterocycles. The summed E-state index contributed by atoms with van der Waals surface area (Å²) in [5.41, 5.74) is 2.43. The zero-order valence-electron chi connectivity index (χ0n) is 11.2. The molecule has 0 bridgehead atoms. The molecular formula is C17H19NO. The number of aromatic hydroxyl groups is 1. The second-order valence-electron chi connectivity index (χ2n) is 5.36. The fraction of sp³-hybridized carbons (Fsp3) is 0.294. The lowest BCUT2D eigenvalue weighted by Crippen LogP contribution is -2.21. The number of likely N-dealkylation sites (N-methyl/N-ethyl adjacent to an activating group) is 1. The number of para-hydroxylation sites is 1. The lowest BCUT2D eigenvalue weighted by Gasteiger charge is -2.17. The molecule has 1 aliphatic carbocycles. The standard InChI is InChI=1S/C17H19NO/c1-18(12-14-9-5-6-10-17(14)19)16-11-15(16)13-7-3-2-4-8-13/h2-10,15-16,19H,11-12H2,1H3/t15-,16-/m0/s1. The van der Waals surface area contributed by atoms with Gasteiger partial charge in [0.2, 0.25) is 0 Å². The Labute approximate surface area is 114 Å². The number of hydrogen-bond acceptors (Lipinski definition) is 2. The molecule has 2 nitrogen and oxygen atoms in total. The van der Waals surface area contributed by atoms with Gasteiger partial charge in [0.15, 0.2) is 0 Å². The van der Waals surface area contributed by atoms with E-state index in [1.165, 1.54) is 12.0 Å². The SMILES string of the molecule is CN(Cc1ccccc1O)[C@H]1C[C@H]1c1ccccc1. The second kappa shape index (κ2) is 5.06. The second-order valence-corrected chi connectivity index (χ2v) is 5.36. The summed E-state index contributed by atoms with van der Waals surface area (Å²) in [5.74, 6) is 1.04. The van der Waals surface area contributed by atoms with Gasteiger partial charge >= 0.3 is 0 Å². The van der Waals surface area contributed by atoms with Crippen LogP contribution in [0.3, 0.4) is 0 Å². The van der Waals surface area contributed by atoms with Crippen LogP contribution < -0.4 is 0 Å². The summed E-state index contributed by atoms with van der Waals surface area (Å²) in [6, 6.07) is 18.9. The first kappa shape index (κ1) is 12.2. The Bertz CT molecular complexity index is 552. The van der Waals surface area contributed by atoms with Crippen molar-refractivity contribution in [1.29, 1.82) is 0 Å². The fourth-order valence-electron chi connectivity index (χ4n) is 2.76. The van der Waals surface area contributed by atoms with Crippen molar-refractivity contribution in [3.63, 3.8) is 0 Å². The van der Waals surface area contributed by atoms with Gasteiger partial charge in [-0.2, -0.15) is 0 Å². The van der Waals surface area contributed by atoms with Crippen LogP contribution in [0.4, 0.5) is 0 Å². The highest BCUT2D eigenvalue weighted by Gasteiger charge is 2.41. The number of hydrogen-bond donors (Lipinski definition) is 1. The highest BCUT2D eigenvalue weighted by molar-refractivity contribution is 5.32. The third-order valence-corrected chi connectivity index (χ3v) is 3.96. The van der Waals surface area contributed by atoms with E-state index in [-0.39, 0.29) is 0 Å². The van der Waals surface area contributed by atoms with E-state index in [4.69, 9.17) is 0 Å². The summed E-state index contributed by atoms with van der Waals surface area (Å²) in [6.07, 6.45) is 1.22. The van der Waals surface area contributed by atoms with Crippen LogP contribution in [0.5, 0.6) is 5.75 Å². The average Bonchev–Trinajstić information content (AvgIpc) is 3.23. The molecule has 98 valence electrons. The van der Waals surface area contributed by atoms with Gasteiger partial charge in [0, 0.05) is 24.1 Å². The summed E-state index contributed by atoms with van der Waals surface area (Å²) in [7, 11) is 2.14. The zero-order chi connectivity index (χ0) is 13.2. The maximum Gasteiger partial charge on any atom is 0.120 e. The van der Waals surface area contributed by atoms with Gasteiger partial charge in [-0.15, -0.1) is 0 Å². The molecule has 1 N–H and O–H groups in total. The summed E-state index contributed by atoms with van der Waals surface area (Å²) < 4.78 is 0. The van der Waals surface area contributed by atoms with Crippen molar-refractivity contribution in [1.82, 2.24) is 4.90 Å². The predicted octanol–water partition coefficient (Wildman–Crippen LogP) is 3.38. The molecule has 3 rings (SSSR count). The largest absolute Gasteiger partial charge is 0.508 e. The van der Waals surface area contributed by atoms with E-state index in [1.807, 2.05) is 18.2 Å². The van der Waals surface area contributed by atoms with E-state index >= 15 is 0 Å². The van der Waals surface area contributed by atoms with Gasteiger partial charge in [-0.1, -0.05) is 48.5 Å². The topological polar surface area (TPSA) is 23.5 Å². The molecule has 0 amide bonds. The maximum absolute atomic E-state index is 9.82. The van der Waals surface area contributed by atoms with Crippen molar-refractivity contribution in [2.45, 2.75) is 24.9 Å². The van der Waals surface area contributed by atoms with Gasteiger partial charge in [-0.25, -0.2) is 0 Å². The van der Waals surface area contributed by atoms with Crippen LogP contribution in [0.1, 0.15) is 23.5 Å². The Balaban J connectivity index is 1.64. The number of phenols is 1. The molecule has 0 aromatic heterocycles. The van der Waals surface area contributed by atoms with Crippen LogP contribution in [0.2, 0.25) is 0 Å². The average molecular weight is 253 g/mol. The summed E-state index contributed by atoms with van der Waals surface area (Å²) >= 11 is 0. The first-order valence-corrected chi connectivity index (χ1v) is 6.78. The molecule has 0 spiro atoms. The third kappa shape index (κ3) is 2.64. The first-order valence-electron chi connectivity index (χ1n) is 6.78. The van der Waals surface area contributed by atoms with Crippen molar-refractivity contribution in [2.75, 3.05) is 7.05 Å². The van der Waals surface area contributed by atoms with Gasteiger partial charge in [-0.3, -0.25) is 4.90 Å². The Morgan fingerprint density at radius 1 is 1.05 bits per heavy atom. The van der Waals surface area contributed by atoms with Gasteiger partial charge in [0.05, 0.1) is 0 Å². The number of phenolic OH excluding ortho intramolecular Hbond substituents is 1. The van der Waals surface area contributed by atoms with Gasteiger partial charge < -0.3 is 5.11 Å². The molecule has 1 fully saturated rings. The molecule has 0 radical (unpaired) electrons. The summed E-state index contributed by atoms with van der Waals surface area (Å²) in [5, 5.41) is 9.82. The molecule has 2 aromatic rings. The van der Waals surface area contributed by atoms with Crippen LogP contribution in [0.15, 0.2) is 54.6 Å². The zero-order valence-corrected chi connectivity index (χ0v) is 11.2. The van der Waals surface area contributed by atoms with Crippen LogP contribution in [-0.4, -0.2) is 23.1 Å². The maximum atomic E-state index is 9.82. The minimum absolute atomic E-state index is 0.395. The highest BCUT2D eigenvalue weighted by atomic mass is 16.3. The van der Waals surface area contributed by atoms with E-state index in [2.05, 4.69) is 42.3 Å². The summed E-state index contributed by atoms with van der Waals surface area (Å²) in [4.78, 5) is 2.34. The normalized spacial score (nSPS) is 21.6. The molecule has 19 heavy (non-hydrogen) atoms. The molecular weight excluding hydrogens is 234 g/mol. The van der Waals surface area contributed by atoms with Crippen molar-refractivity contribution in [2.24, 2.45) is 0 Å². The van der Waals surface area contributed by atoms with Crippen molar-refractivity contribution >= 4 is 0 Å². The van der Waals surface area contributed by atoms with Crippen molar-refractivity contribution in [3.05, 3.63) is 65.7 Å². The van der Waals surface area contributed by atoms with E-state index in [0.717, 1.165) is 12.1 Å². The molecule has 1 saturated carbocycles. The van der Waals surface area contributed by atoms with E-state index in [1.54, 1.807) is 6.07 Å². The van der Waals surface area contributed by atoms with Gasteiger partial charge in [-0.05, 0) is 25.1 Å². The Morgan fingerprint density at radius 3 is 2.47 bits per heavy atom. The molecule has 0 unspecified atom stereocenters. The van der Waals surface area contributed by atoms with Crippen LogP contribution in [0.25, 0.3) is 0 Å². The minimum atomic E-state index is 0.395. The number of rotatable bonds is 4. The van der Waals surface area contributed by atoms with E-state index in [0.29, 0.717) is 17.7 Å². The fourth-order valence-corrected chi connectivity index (χ4v) is 2.76. The number of nitrogens with zero attached hydrogens (tertiary/aromatic N) is 1. The van der Waals surface area contributed by atoms with Crippen molar-refractivity contribution in [3.8, 4) is 5.75 Å². The molecule has 2 heteroatoms. The van der Waals surface area contributed by atoms with Crippen LogP contribution >= 0.6 is 0 Å². The number of benzene rings is 2. The summed E-state index contributed by atoms with van der Waals surface area (Å²) in [6.45, 7) is 0.806. The van der Waals surface area contributed by atoms with Crippen LogP contribution in [0, 0.1) is 0 Å². The van der Waals surface area contributed by atoms with Crippen LogP contribution in [-0.2, 0) is 6.54 Å². The minimum Gasteiger partial charge on any atom is -0.508 e. The quantitative estimate of drug-likeness (QED) is 0.903. The third-order valence-electron chi connectivity index (χ3n) is 3.96. The molecule has 2 atom stereocenters. The lowest BCUT2D eigenvalue weighted by atomic mass is 10.1. The molecule has 0 saturated heterocycles. The van der Waals surface area contributed by atoms with Crippen molar-refractivity contribution < 1.29 is 5.11 Å². The predicted molar refractivity (Wildman–Crippen MR) is 77.2 cm³/mol. The van der Waals surface area contributed by atoms with Gasteiger partial charge in [0.25, 0.3) is 0 Å². The lowest BCUT2D eigenvalue weighted by molar-refractivity contribution is 0.305. The molecule has 1 aliphatic rings. The highest BCUT2D eigenvalue weighted by Crippen LogP contribution is 2.44. The Morgan fingerprint density at radius 2 is 1.74 bits per heavy atom. The molecule has 2 aromatic carbocycles. The first-order chi connectivity index (χ1) is 9.25. The smallest absolute Gasteiger partial charge is 0.120 e. The van der Waals surface area contributed by atoms with Gasteiger partial charge in [0.1, 0.15) is 5.75 Å².